The van der Waals surface area contributed by atoms with Crippen LogP contribution in [0.4, 0.5) is 5.13 Å². The summed E-state index contributed by atoms with van der Waals surface area (Å²) in [7, 11) is 4.02. The number of nitrogens with zero attached hydrogens (tertiary/aromatic N) is 3. The van der Waals surface area contributed by atoms with Crippen molar-refractivity contribution in [2.45, 2.75) is 18.7 Å². The number of carbonyl (C=O) groups excluding carboxylic acids is 1. The van der Waals surface area contributed by atoms with Crippen LogP contribution in [-0.2, 0) is 4.79 Å². The van der Waals surface area contributed by atoms with Gasteiger partial charge < -0.3 is 4.90 Å². The van der Waals surface area contributed by atoms with Crippen LogP contribution in [-0.4, -0.2) is 48.7 Å². The average molecular weight is 470 g/mol. The number of thiazole rings is 1. The predicted molar refractivity (Wildman–Crippen MR) is 129 cm³/mol. The fourth-order valence-corrected chi connectivity index (χ4v) is 4.82. The van der Waals surface area contributed by atoms with Crippen LogP contribution in [0.25, 0.3) is 10.2 Å². The van der Waals surface area contributed by atoms with Crippen LogP contribution in [0.1, 0.15) is 11.1 Å². The lowest BCUT2D eigenvalue weighted by Crippen LogP contribution is -2.37. The minimum atomic E-state index is 0. The van der Waals surface area contributed by atoms with Gasteiger partial charge in [0.15, 0.2) is 5.13 Å². The van der Waals surface area contributed by atoms with Crippen molar-refractivity contribution in [3.63, 3.8) is 0 Å². The maximum atomic E-state index is 13.1. The molecular formula is C21H25Cl2N3OS2. The second kappa shape index (κ2) is 10.6. The van der Waals surface area contributed by atoms with E-state index in [1.807, 2.05) is 43.3 Å². The minimum absolute atomic E-state index is 0. The Morgan fingerprint density at radius 2 is 1.83 bits per heavy atom. The third-order valence-electron chi connectivity index (χ3n) is 4.29. The van der Waals surface area contributed by atoms with Crippen molar-refractivity contribution in [1.82, 2.24) is 9.88 Å². The van der Waals surface area contributed by atoms with Crippen LogP contribution in [0, 0.1) is 13.8 Å². The maximum absolute atomic E-state index is 13.1. The van der Waals surface area contributed by atoms with E-state index in [-0.39, 0.29) is 18.3 Å². The molecule has 1 amide bonds. The lowest BCUT2D eigenvalue weighted by molar-refractivity contribution is -0.116. The quantitative estimate of drug-likeness (QED) is 0.417. The molecule has 0 saturated heterocycles. The Kier molecular flexibility index (Phi) is 8.79. The number of rotatable bonds is 7. The summed E-state index contributed by atoms with van der Waals surface area (Å²) in [6.07, 6.45) is 0. The van der Waals surface area contributed by atoms with Crippen LogP contribution in [0.15, 0.2) is 41.3 Å². The van der Waals surface area contributed by atoms with Crippen LogP contribution in [0.2, 0.25) is 5.02 Å². The Balaban J connectivity index is 0.00000300. The highest BCUT2D eigenvalue weighted by molar-refractivity contribution is 8.00. The van der Waals surface area contributed by atoms with Gasteiger partial charge in [0, 0.05) is 23.0 Å². The Morgan fingerprint density at radius 3 is 2.48 bits per heavy atom. The maximum Gasteiger partial charge on any atom is 0.239 e. The van der Waals surface area contributed by atoms with Crippen molar-refractivity contribution in [3.05, 3.63) is 52.5 Å². The Bertz CT molecular complexity index is 974. The summed E-state index contributed by atoms with van der Waals surface area (Å²) in [6, 6.07) is 11.8. The molecule has 29 heavy (non-hydrogen) atoms. The molecule has 1 aromatic heterocycles. The van der Waals surface area contributed by atoms with Gasteiger partial charge in [-0.05, 0) is 69.4 Å². The number of aryl methyl sites for hydroxylation is 2. The molecule has 1 heterocycles. The normalized spacial score (nSPS) is 11.0. The average Bonchev–Trinajstić information content (AvgIpc) is 3.05. The molecule has 0 aliphatic carbocycles. The molecular weight excluding hydrogens is 445 g/mol. The number of fused-ring (bicyclic) bond motifs is 1. The smallest absolute Gasteiger partial charge is 0.239 e. The zero-order valence-electron chi connectivity index (χ0n) is 16.9. The number of halogens is 2. The second-order valence-corrected chi connectivity index (χ2v) is 9.48. The highest BCUT2D eigenvalue weighted by atomic mass is 35.5. The summed E-state index contributed by atoms with van der Waals surface area (Å²) in [5.41, 5.74) is 3.35. The summed E-state index contributed by atoms with van der Waals surface area (Å²) in [4.78, 5) is 22.8. The van der Waals surface area contributed by atoms with Gasteiger partial charge in [0.2, 0.25) is 5.91 Å². The summed E-state index contributed by atoms with van der Waals surface area (Å²) in [5.74, 6) is 0.429. The van der Waals surface area contributed by atoms with Gasteiger partial charge in [0.05, 0.1) is 16.0 Å². The van der Waals surface area contributed by atoms with E-state index in [1.54, 1.807) is 11.3 Å². The van der Waals surface area contributed by atoms with Gasteiger partial charge in [-0.3, -0.25) is 9.69 Å². The van der Waals surface area contributed by atoms with Gasteiger partial charge in [-0.15, -0.1) is 24.2 Å². The van der Waals surface area contributed by atoms with Gasteiger partial charge >= 0.3 is 0 Å². The topological polar surface area (TPSA) is 36.4 Å². The zero-order chi connectivity index (χ0) is 20.3. The van der Waals surface area contributed by atoms with Crippen LogP contribution in [0.3, 0.4) is 0 Å². The number of hydrogen-bond donors (Lipinski definition) is 0. The molecule has 0 saturated carbocycles. The lowest BCUT2D eigenvalue weighted by Gasteiger charge is -2.21. The molecule has 2 aromatic carbocycles. The van der Waals surface area contributed by atoms with E-state index in [0.717, 1.165) is 26.8 Å². The van der Waals surface area contributed by atoms with Gasteiger partial charge in [-0.25, -0.2) is 4.98 Å². The molecule has 156 valence electrons. The highest BCUT2D eigenvalue weighted by Gasteiger charge is 2.20. The molecule has 0 atom stereocenters. The zero-order valence-corrected chi connectivity index (χ0v) is 20.1. The molecule has 0 bridgehead atoms. The van der Waals surface area contributed by atoms with Gasteiger partial charge in [0.25, 0.3) is 0 Å². The Labute approximate surface area is 191 Å². The minimum Gasteiger partial charge on any atom is -0.308 e. The van der Waals surface area contributed by atoms with Crippen molar-refractivity contribution >= 4 is 68.4 Å². The van der Waals surface area contributed by atoms with Crippen molar-refractivity contribution in [1.29, 1.82) is 0 Å². The first-order valence-corrected chi connectivity index (χ1v) is 11.2. The van der Waals surface area contributed by atoms with E-state index >= 15 is 0 Å². The Hall–Kier alpha value is -1.31. The number of amides is 1. The molecule has 8 heteroatoms. The molecule has 0 aliphatic heterocycles. The van der Waals surface area contributed by atoms with Gasteiger partial charge in [0.1, 0.15) is 0 Å². The number of likely N-dealkylation sites (N-methyl/N-ethyl adjacent to an activating group) is 1. The van der Waals surface area contributed by atoms with E-state index in [0.29, 0.717) is 17.3 Å². The Morgan fingerprint density at radius 1 is 1.14 bits per heavy atom. The van der Waals surface area contributed by atoms with E-state index < -0.39 is 0 Å². The summed E-state index contributed by atoms with van der Waals surface area (Å²) >= 11 is 9.06. The molecule has 3 rings (SSSR count). The number of aromatic nitrogens is 1. The number of benzene rings is 2. The molecule has 0 spiro atoms. The molecule has 0 N–H and O–H groups in total. The first-order valence-electron chi connectivity index (χ1n) is 9.05. The van der Waals surface area contributed by atoms with Crippen molar-refractivity contribution in [3.8, 4) is 0 Å². The number of thioether (sulfide) groups is 1. The van der Waals surface area contributed by atoms with Gasteiger partial charge in [-0.2, -0.15) is 0 Å². The first-order chi connectivity index (χ1) is 13.3. The van der Waals surface area contributed by atoms with Crippen molar-refractivity contribution in [2.75, 3.05) is 37.8 Å². The SMILES string of the molecule is Cc1cc(C)c2sc(N(CCN(C)C)C(=O)CSc3ccc(Cl)cc3)nc2c1.Cl. The fraction of sp³-hybridized carbons (Fsp3) is 0.333. The van der Waals surface area contributed by atoms with E-state index in [2.05, 4.69) is 30.9 Å². The van der Waals surface area contributed by atoms with Crippen LogP contribution < -0.4 is 4.90 Å². The highest BCUT2D eigenvalue weighted by Crippen LogP contribution is 2.32. The third kappa shape index (κ3) is 6.33. The molecule has 0 radical (unpaired) electrons. The summed E-state index contributed by atoms with van der Waals surface area (Å²) < 4.78 is 1.15. The molecule has 4 nitrogen and oxygen atoms in total. The third-order valence-corrected chi connectivity index (χ3v) is 6.77. The van der Waals surface area contributed by atoms with E-state index in [1.165, 1.54) is 22.9 Å². The number of carbonyl (C=O) groups is 1. The second-order valence-electron chi connectivity index (χ2n) is 7.02. The number of hydrogen-bond acceptors (Lipinski definition) is 5. The molecule has 0 aliphatic rings. The van der Waals surface area contributed by atoms with Crippen molar-refractivity contribution in [2.24, 2.45) is 0 Å². The molecule has 3 aromatic rings. The molecule has 0 unspecified atom stereocenters. The summed E-state index contributed by atoms with van der Waals surface area (Å²) in [6.45, 7) is 5.57. The van der Waals surface area contributed by atoms with Gasteiger partial charge in [-0.1, -0.05) is 29.0 Å². The van der Waals surface area contributed by atoms with Crippen LogP contribution >= 0.6 is 47.1 Å². The van der Waals surface area contributed by atoms with E-state index in [4.69, 9.17) is 16.6 Å². The largest absolute Gasteiger partial charge is 0.308 e. The molecule has 0 fully saturated rings. The first kappa shape index (κ1) is 24.0. The fourth-order valence-electron chi connectivity index (χ4n) is 2.86. The van der Waals surface area contributed by atoms with Crippen molar-refractivity contribution < 1.29 is 4.79 Å². The monoisotopic (exact) mass is 469 g/mol. The van der Waals surface area contributed by atoms with E-state index in [9.17, 15) is 4.79 Å². The number of anilines is 1. The standard InChI is InChI=1S/C21H24ClN3OS2.ClH/c1-14-11-15(2)20-18(12-14)23-21(28-20)25(10-9-24(3)4)19(26)13-27-17-7-5-16(22)6-8-17;/h5-8,11-12H,9-10,13H2,1-4H3;1H. The predicted octanol–water partition coefficient (Wildman–Crippen LogP) is 5.68. The lowest BCUT2D eigenvalue weighted by atomic mass is 10.1. The summed E-state index contributed by atoms with van der Waals surface area (Å²) in [5, 5.41) is 1.47. The van der Waals surface area contributed by atoms with Crippen LogP contribution in [0.5, 0.6) is 0 Å².